The van der Waals surface area contributed by atoms with Crippen molar-refractivity contribution >= 4 is 34.4 Å². The number of carbonyl (C=O) groups excluding carboxylic acids is 2. The zero-order valence-corrected chi connectivity index (χ0v) is 15.0. The van der Waals surface area contributed by atoms with Crippen molar-refractivity contribution in [3.05, 3.63) is 83.9 Å². The van der Waals surface area contributed by atoms with Crippen LogP contribution in [-0.2, 0) is 0 Å². The summed E-state index contributed by atoms with van der Waals surface area (Å²) in [7, 11) is 0. The second-order valence-corrected chi connectivity index (χ2v) is 6.14. The monoisotopic (exact) mass is 372 g/mol. The van der Waals surface area contributed by atoms with Gasteiger partial charge in [0.05, 0.1) is 11.2 Å². The summed E-state index contributed by atoms with van der Waals surface area (Å²) in [5.74, 6) is -0.818. The van der Waals surface area contributed by atoms with Gasteiger partial charge in [-0.1, -0.05) is 24.3 Å². The van der Waals surface area contributed by atoms with Crippen LogP contribution in [0.5, 0.6) is 0 Å². The molecular formula is C21H16N4O3. The quantitative estimate of drug-likeness (QED) is 0.564. The maximum atomic E-state index is 12.5. The maximum Gasteiger partial charge on any atom is 0.302 e. The fraction of sp³-hybridized carbons (Fsp3) is 0.0476. The number of fused-ring (bicyclic) bond motifs is 1. The highest BCUT2D eigenvalue weighted by Crippen LogP contribution is 2.23. The SMILES string of the molecule is Cc1ccc2c(NC(=O)c3coc(NC(=O)c4ccccc4)n3)cccc2n1. The minimum Gasteiger partial charge on any atom is -0.431 e. The van der Waals surface area contributed by atoms with Gasteiger partial charge >= 0.3 is 6.01 Å². The first-order chi connectivity index (χ1) is 13.6. The minimum atomic E-state index is -0.447. The molecule has 2 N–H and O–H groups in total. The number of aromatic nitrogens is 2. The van der Waals surface area contributed by atoms with Crippen molar-refractivity contribution in [3.63, 3.8) is 0 Å². The molecule has 28 heavy (non-hydrogen) atoms. The third kappa shape index (κ3) is 3.59. The molecule has 7 nitrogen and oxygen atoms in total. The molecule has 0 spiro atoms. The molecule has 0 aliphatic heterocycles. The van der Waals surface area contributed by atoms with E-state index in [1.54, 1.807) is 30.3 Å². The van der Waals surface area contributed by atoms with Gasteiger partial charge in [0.15, 0.2) is 5.69 Å². The lowest BCUT2D eigenvalue weighted by Crippen LogP contribution is -2.14. The fourth-order valence-electron chi connectivity index (χ4n) is 2.75. The van der Waals surface area contributed by atoms with E-state index in [1.807, 2.05) is 37.3 Å². The summed E-state index contributed by atoms with van der Waals surface area (Å²) in [6.07, 6.45) is 1.20. The number of carbonyl (C=O) groups is 2. The van der Waals surface area contributed by atoms with E-state index in [2.05, 4.69) is 20.6 Å². The molecule has 0 unspecified atom stereocenters. The smallest absolute Gasteiger partial charge is 0.302 e. The summed E-state index contributed by atoms with van der Waals surface area (Å²) in [6.45, 7) is 1.91. The van der Waals surface area contributed by atoms with Crippen molar-refractivity contribution in [1.82, 2.24) is 9.97 Å². The van der Waals surface area contributed by atoms with Crippen LogP contribution in [0.2, 0.25) is 0 Å². The number of nitrogens with one attached hydrogen (secondary N) is 2. The molecule has 2 heterocycles. The molecule has 4 rings (SSSR count). The predicted molar refractivity (Wildman–Crippen MR) is 105 cm³/mol. The lowest BCUT2D eigenvalue weighted by molar-refractivity contribution is 0.101. The van der Waals surface area contributed by atoms with Crippen LogP contribution in [0.15, 0.2) is 71.3 Å². The van der Waals surface area contributed by atoms with E-state index in [1.165, 1.54) is 6.26 Å². The Labute approximate surface area is 160 Å². The molecule has 0 atom stereocenters. The van der Waals surface area contributed by atoms with E-state index in [4.69, 9.17) is 4.42 Å². The van der Waals surface area contributed by atoms with Crippen LogP contribution in [0, 0.1) is 6.92 Å². The van der Waals surface area contributed by atoms with E-state index in [0.29, 0.717) is 11.3 Å². The Morgan fingerprint density at radius 2 is 1.68 bits per heavy atom. The third-order valence-corrected chi connectivity index (χ3v) is 4.11. The Morgan fingerprint density at radius 1 is 0.857 bits per heavy atom. The zero-order chi connectivity index (χ0) is 19.5. The third-order valence-electron chi connectivity index (χ3n) is 4.11. The molecule has 0 fully saturated rings. The minimum absolute atomic E-state index is 0.0470. The van der Waals surface area contributed by atoms with Gasteiger partial charge in [-0.15, -0.1) is 0 Å². The van der Waals surface area contributed by atoms with Gasteiger partial charge in [0, 0.05) is 16.6 Å². The van der Waals surface area contributed by atoms with Crippen LogP contribution < -0.4 is 10.6 Å². The Kier molecular flexibility index (Phi) is 4.55. The van der Waals surface area contributed by atoms with Gasteiger partial charge in [0.25, 0.3) is 11.8 Å². The molecule has 4 aromatic rings. The van der Waals surface area contributed by atoms with Gasteiger partial charge in [-0.2, -0.15) is 4.98 Å². The van der Waals surface area contributed by atoms with Crippen LogP contribution in [0.4, 0.5) is 11.7 Å². The van der Waals surface area contributed by atoms with Crippen molar-refractivity contribution < 1.29 is 14.0 Å². The molecule has 0 aliphatic rings. The van der Waals surface area contributed by atoms with E-state index >= 15 is 0 Å². The summed E-state index contributed by atoms with van der Waals surface area (Å²) in [5, 5.41) is 6.15. The molecule has 0 radical (unpaired) electrons. The van der Waals surface area contributed by atoms with Gasteiger partial charge in [-0.25, -0.2) is 0 Å². The van der Waals surface area contributed by atoms with Crippen molar-refractivity contribution in [2.24, 2.45) is 0 Å². The van der Waals surface area contributed by atoms with Crippen molar-refractivity contribution in [3.8, 4) is 0 Å². The normalized spacial score (nSPS) is 10.6. The standard InChI is InChI=1S/C21H16N4O3/c1-13-10-11-15-16(22-13)8-5-9-17(15)23-20(27)18-12-28-21(24-18)25-19(26)14-6-3-2-4-7-14/h2-12H,1H3,(H,23,27)(H,24,25,26). The predicted octanol–water partition coefficient (Wildman–Crippen LogP) is 4.04. The number of oxazole rings is 1. The first kappa shape index (κ1) is 17.4. The Bertz CT molecular complexity index is 1170. The van der Waals surface area contributed by atoms with E-state index in [0.717, 1.165) is 16.6 Å². The lowest BCUT2D eigenvalue weighted by Gasteiger charge is -2.07. The van der Waals surface area contributed by atoms with Gasteiger partial charge < -0.3 is 9.73 Å². The number of pyridine rings is 1. The molecule has 2 aromatic heterocycles. The molecular weight excluding hydrogens is 356 g/mol. The average Bonchev–Trinajstić information content (AvgIpc) is 3.17. The van der Waals surface area contributed by atoms with Gasteiger partial charge in [0.1, 0.15) is 6.26 Å². The second-order valence-electron chi connectivity index (χ2n) is 6.14. The Morgan fingerprint density at radius 3 is 2.50 bits per heavy atom. The van der Waals surface area contributed by atoms with Crippen LogP contribution in [-0.4, -0.2) is 21.8 Å². The summed E-state index contributed by atoms with van der Waals surface area (Å²) in [4.78, 5) is 33.2. The molecule has 2 amide bonds. The molecule has 2 aromatic carbocycles. The fourth-order valence-corrected chi connectivity index (χ4v) is 2.75. The average molecular weight is 372 g/mol. The number of benzene rings is 2. The van der Waals surface area contributed by atoms with E-state index in [9.17, 15) is 9.59 Å². The Balaban J connectivity index is 1.50. The van der Waals surface area contributed by atoms with Crippen molar-refractivity contribution in [2.45, 2.75) is 6.92 Å². The van der Waals surface area contributed by atoms with Crippen LogP contribution in [0.1, 0.15) is 26.5 Å². The summed E-state index contributed by atoms with van der Waals surface area (Å²) in [6, 6.07) is 17.9. The number of aryl methyl sites for hydroxylation is 1. The van der Waals surface area contributed by atoms with Crippen LogP contribution in [0.25, 0.3) is 10.9 Å². The maximum absolute atomic E-state index is 12.5. The van der Waals surface area contributed by atoms with Gasteiger partial charge in [0.2, 0.25) is 0 Å². The summed E-state index contributed by atoms with van der Waals surface area (Å²) in [5.41, 5.74) is 2.82. The van der Waals surface area contributed by atoms with Crippen LogP contribution in [0.3, 0.4) is 0 Å². The van der Waals surface area contributed by atoms with E-state index < -0.39 is 5.91 Å². The first-order valence-electron chi connectivity index (χ1n) is 8.60. The zero-order valence-electron chi connectivity index (χ0n) is 15.0. The number of hydrogen-bond donors (Lipinski definition) is 2. The highest BCUT2D eigenvalue weighted by atomic mass is 16.4. The lowest BCUT2D eigenvalue weighted by atomic mass is 10.1. The largest absolute Gasteiger partial charge is 0.431 e. The second kappa shape index (κ2) is 7.32. The van der Waals surface area contributed by atoms with Crippen molar-refractivity contribution in [2.75, 3.05) is 10.6 Å². The molecule has 0 aliphatic carbocycles. The number of amides is 2. The summed E-state index contributed by atoms with van der Waals surface area (Å²) < 4.78 is 5.20. The number of rotatable bonds is 4. The van der Waals surface area contributed by atoms with Gasteiger partial charge in [-0.05, 0) is 43.3 Å². The Hall–Kier alpha value is -4.00. The van der Waals surface area contributed by atoms with Crippen molar-refractivity contribution in [1.29, 1.82) is 0 Å². The number of nitrogens with zero attached hydrogens (tertiary/aromatic N) is 2. The molecule has 7 heteroatoms. The molecule has 138 valence electrons. The van der Waals surface area contributed by atoms with Crippen LogP contribution >= 0.6 is 0 Å². The number of hydrogen-bond acceptors (Lipinski definition) is 5. The molecule has 0 saturated carbocycles. The molecule has 0 saturated heterocycles. The highest BCUT2D eigenvalue weighted by Gasteiger charge is 2.16. The molecule has 0 bridgehead atoms. The summed E-state index contributed by atoms with van der Waals surface area (Å²) >= 11 is 0. The van der Waals surface area contributed by atoms with Gasteiger partial charge in [-0.3, -0.25) is 19.9 Å². The van der Waals surface area contributed by atoms with E-state index in [-0.39, 0.29) is 17.6 Å². The topological polar surface area (TPSA) is 97.1 Å². The first-order valence-corrected chi connectivity index (χ1v) is 8.60. The number of anilines is 2. The highest BCUT2D eigenvalue weighted by molar-refractivity contribution is 6.08.